The van der Waals surface area contributed by atoms with E-state index in [1.165, 1.54) is 7.11 Å². The van der Waals surface area contributed by atoms with Crippen LogP contribution in [0.2, 0.25) is 0 Å². The number of anilines is 1. The Morgan fingerprint density at radius 1 is 1.33 bits per heavy atom. The van der Waals surface area contributed by atoms with Crippen LogP contribution in [0, 0.1) is 12.8 Å². The summed E-state index contributed by atoms with van der Waals surface area (Å²) in [5.41, 5.74) is 8.51. The number of methoxy groups -OCH3 is 1. The first-order valence-corrected chi connectivity index (χ1v) is 8.91. The highest BCUT2D eigenvalue weighted by Gasteiger charge is 2.21. The van der Waals surface area contributed by atoms with Gasteiger partial charge in [-0.1, -0.05) is 13.8 Å². The van der Waals surface area contributed by atoms with Crippen molar-refractivity contribution in [3.63, 3.8) is 0 Å². The Bertz CT molecular complexity index is 791. The number of amides is 1. The van der Waals surface area contributed by atoms with E-state index in [4.69, 9.17) is 10.5 Å². The standard InChI is InChI=1S/C20H28N4O3/c1-13(2)11-20(4,21)12-27-17-7-6-15(10-14(17)3)16-8-9-22-18(23-16)24-19(25)26-5/h6-10,13H,11-12,21H2,1-5H3,(H,22,23,24,25)/t20-/m0/s1. The van der Waals surface area contributed by atoms with E-state index in [1.807, 2.05) is 32.0 Å². The predicted molar refractivity (Wildman–Crippen MR) is 106 cm³/mol. The molecule has 146 valence electrons. The lowest BCUT2D eigenvalue weighted by molar-refractivity contribution is 0.186. The second-order valence-corrected chi connectivity index (χ2v) is 7.40. The summed E-state index contributed by atoms with van der Waals surface area (Å²) < 4.78 is 10.5. The van der Waals surface area contributed by atoms with Gasteiger partial charge in [0.05, 0.1) is 12.8 Å². The van der Waals surface area contributed by atoms with Gasteiger partial charge in [-0.3, -0.25) is 5.32 Å². The number of hydrogen-bond donors (Lipinski definition) is 2. The molecule has 7 heteroatoms. The van der Waals surface area contributed by atoms with E-state index < -0.39 is 6.09 Å². The molecule has 0 spiro atoms. The number of nitrogens with two attached hydrogens (primary N) is 1. The van der Waals surface area contributed by atoms with E-state index in [0.717, 1.165) is 23.3 Å². The molecular weight excluding hydrogens is 344 g/mol. The second-order valence-electron chi connectivity index (χ2n) is 7.40. The topological polar surface area (TPSA) is 99.4 Å². The van der Waals surface area contributed by atoms with Gasteiger partial charge in [-0.2, -0.15) is 0 Å². The number of aryl methyl sites for hydroxylation is 1. The average molecular weight is 372 g/mol. The molecule has 0 saturated heterocycles. The normalized spacial score (nSPS) is 13.1. The third-order valence-electron chi connectivity index (χ3n) is 3.96. The number of hydrogen-bond acceptors (Lipinski definition) is 6. The molecule has 1 aromatic carbocycles. The van der Waals surface area contributed by atoms with Crippen molar-refractivity contribution in [3.8, 4) is 17.0 Å². The molecular formula is C20H28N4O3. The zero-order chi connectivity index (χ0) is 20.0. The van der Waals surface area contributed by atoms with Gasteiger partial charge in [0.1, 0.15) is 12.4 Å². The quantitative estimate of drug-likeness (QED) is 0.767. The van der Waals surface area contributed by atoms with Gasteiger partial charge in [0.25, 0.3) is 0 Å². The van der Waals surface area contributed by atoms with Crippen molar-refractivity contribution >= 4 is 12.0 Å². The molecule has 1 atom stereocenters. The van der Waals surface area contributed by atoms with E-state index in [2.05, 4.69) is 33.9 Å². The van der Waals surface area contributed by atoms with Crippen molar-refractivity contribution in [2.75, 3.05) is 19.0 Å². The summed E-state index contributed by atoms with van der Waals surface area (Å²) in [4.78, 5) is 19.7. The molecule has 2 rings (SSSR count). The van der Waals surface area contributed by atoms with Gasteiger partial charge in [-0.25, -0.2) is 14.8 Å². The Balaban J connectivity index is 2.12. The summed E-state index contributed by atoms with van der Waals surface area (Å²) in [6.07, 6.45) is 1.86. The number of rotatable bonds is 7. The molecule has 0 saturated carbocycles. The Morgan fingerprint density at radius 2 is 2.07 bits per heavy atom. The van der Waals surface area contributed by atoms with Crippen molar-refractivity contribution in [2.45, 2.75) is 39.7 Å². The number of aromatic nitrogens is 2. The molecule has 0 unspecified atom stereocenters. The lowest BCUT2D eigenvalue weighted by Gasteiger charge is -2.27. The van der Waals surface area contributed by atoms with E-state index in [9.17, 15) is 4.79 Å². The van der Waals surface area contributed by atoms with Gasteiger partial charge in [0.15, 0.2) is 0 Å². The highest BCUT2D eigenvalue weighted by atomic mass is 16.5. The third kappa shape index (κ3) is 6.21. The molecule has 3 N–H and O–H groups in total. The number of nitrogens with one attached hydrogen (secondary N) is 1. The van der Waals surface area contributed by atoms with Crippen LogP contribution >= 0.6 is 0 Å². The maximum Gasteiger partial charge on any atom is 0.413 e. The molecule has 0 fully saturated rings. The number of benzene rings is 1. The molecule has 0 aliphatic heterocycles. The number of ether oxygens (including phenoxy) is 2. The maximum absolute atomic E-state index is 11.3. The lowest BCUT2D eigenvalue weighted by Crippen LogP contribution is -2.43. The van der Waals surface area contributed by atoms with Crippen LogP contribution in [-0.2, 0) is 4.74 Å². The van der Waals surface area contributed by atoms with Crippen LogP contribution in [0.15, 0.2) is 30.5 Å². The van der Waals surface area contributed by atoms with Gasteiger partial charge in [0, 0.05) is 17.3 Å². The van der Waals surface area contributed by atoms with Crippen molar-refractivity contribution in [3.05, 3.63) is 36.0 Å². The van der Waals surface area contributed by atoms with Gasteiger partial charge in [-0.15, -0.1) is 0 Å². The van der Waals surface area contributed by atoms with Crippen LogP contribution in [0.4, 0.5) is 10.7 Å². The smallest absolute Gasteiger partial charge is 0.413 e. The van der Waals surface area contributed by atoms with Crippen molar-refractivity contribution in [1.82, 2.24) is 9.97 Å². The summed E-state index contributed by atoms with van der Waals surface area (Å²) in [6, 6.07) is 7.59. The van der Waals surface area contributed by atoms with Crippen LogP contribution in [-0.4, -0.2) is 35.3 Å². The fourth-order valence-electron chi connectivity index (χ4n) is 2.93. The first-order chi connectivity index (χ1) is 12.7. The van der Waals surface area contributed by atoms with E-state index in [0.29, 0.717) is 18.2 Å². The Kier molecular flexibility index (Phi) is 6.74. The molecule has 0 radical (unpaired) electrons. The minimum atomic E-state index is -0.613. The molecule has 0 aliphatic rings. The summed E-state index contributed by atoms with van der Waals surface area (Å²) in [5.74, 6) is 1.49. The molecule has 27 heavy (non-hydrogen) atoms. The average Bonchev–Trinajstić information content (AvgIpc) is 2.59. The summed E-state index contributed by atoms with van der Waals surface area (Å²) in [6.45, 7) is 8.73. The van der Waals surface area contributed by atoms with Crippen LogP contribution in [0.3, 0.4) is 0 Å². The number of nitrogens with zero attached hydrogens (tertiary/aromatic N) is 2. The molecule has 7 nitrogen and oxygen atoms in total. The fraction of sp³-hybridized carbons (Fsp3) is 0.450. The maximum atomic E-state index is 11.3. The Labute approximate surface area is 160 Å². The SMILES string of the molecule is COC(=O)Nc1nccc(-c2ccc(OC[C@@](C)(N)CC(C)C)c(C)c2)n1. The zero-order valence-electron chi connectivity index (χ0n) is 16.6. The second kappa shape index (κ2) is 8.81. The van der Waals surface area contributed by atoms with Crippen LogP contribution in [0.5, 0.6) is 5.75 Å². The van der Waals surface area contributed by atoms with Crippen LogP contribution in [0.25, 0.3) is 11.3 Å². The van der Waals surface area contributed by atoms with Crippen molar-refractivity contribution in [2.24, 2.45) is 11.7 Å². The largest absolute Gasteiger partial charge is 0.491 e. The van der Waals surface area contributed by atoms with Gasteiger partial charge in [-0.05, 0) is 56.0 Å². The molecule has 0 aliphatic carbocycles. The monoisotopic (exact) mass is 372 g/mol. The first-order valence-electron chi connectivity index (χ1n) is 8.91. The number of carbonyl (C=O) groups excluding carboxylic acids is 1. The molecule has 2 aromatic rings. The number of carbonyl (C=O) groups is 1. The summed E-state index contributed by atoms with van der Waals surface area (Å²) >= 11 is 0. The summed E-state index contributed by atoms with van der Waals surface area (Å²) in [5, 5.41) is 2.46. The zero-order valence-corrected chi connectivity index (χ0v) is 16.6. The van der Waals surface area contributed by atoms with Crippen LogP contribution < -0.4 is 15.8 Å². The predicted octanol–water partition coefficient (Wildman–Crippen LogP) is 3.77. The molecule has 1 amide bonds. The van der Waals surface area contributed by atoms with E-state index >= 15 is 0 Å². The molecule has 0 bridgehead atoms. The van der Waals surface area contributed by atoms with Gasteiger partial charge >= 0.3 is 6.09 Å². The highest BCUT2D eigenvalue weighted by molar-refractivity contribution is 5.82. The van der Waals surface area contributed by atoms with E-state index in [-0.39, 0.29) is 11.5 Å². The van der Waals surface area contributed by atoms with E-state index in [1.54, 1.807) is 12.3 Å². The molecule has 1 aromatic heterocycles. The van der Waals surface area contributed by atoms with Crippen molar-refractivity contribution in [1.29, 1.82) is 0 Å². The van der Waals surface area contributed by atoms with Crippen molar-refractivity contribution < 1.29 is 14.3 Å². The Morgan fingerprint density at radius 3 is 2.70 bits per heavy atom. The molecule has 1 heterocycles. The summed E-state index contributed by atoms with van der Waals surface area (Å²) in [7, 11) is 1.29. The van der Waals surface area contributed by atoms with Gasteiger partial charge in [0.2, 0.25) is 5.95 Å². The Hall–Kier alpha value is -2.67. The third-order valence-corrected chi connectivity index (χ3v) is 3.96. The minimum Gasteiger partial charge on any atom is -0.491 e. The van der Waals surface area contributed by atoms with Gasteiger partial charge < -0.3 is 15.2 Å². The minimum absolute atomic E-state index is 0.185. The highest BCUT2D eigenvalue weighted by Crippen LogP contribution is 2.26. The fourth-order valence-corrected chi connectivity index (χ4v) is 2.93. The lowest BCUT2D eigenvalue weighted by atomic mass is 9.93. The van der Waals surface area contributed by atoms with Crippen LogP contribution in [0.1, 0.15) is 32.8 Å². The first kappa shape index (κ1) is 20.6.